The summed E-state index contributed by atoms with van der Waals surface area (Å²) in [5, 5.41) is 3.77. The van der Waals surface area contributed by atoms with Crippen molar-refractivity contribution < 1.29 is 21.6 Å². The molecule has 4 aromatic rings. The first-order valence-electron chi connectivity index (χ1n) is 9.44. The molecule has 1 heterocycles. The second-order valence-corrected chi connectivity index (χ2v) is 9.59. The number of rotatable bonds is 5. The van der Waals surface area contributed by atoms with Crippen LogP contribution in [0.1, 0.15) is 11.1 Å². The highest BCUT2D eigenvalue weighted by molar-refractivity contribution is 7.94. The lowest BCUT2D eigenvalue weighted by molar-refractivity contribution is -0.137. The minimum absolute atomic E-state index is 0.0860. The molecule has 0 aliphatic carbocycles. The highest BCUT2D eigenvalue weighted by Crippen LogP contribution is 2.30. The van der Waals surface area contributed by atoms with E-state index in [-0.39, 0.29) is 4.90 Å². The van der Waals surface area contributed by atoms with Crippen molar-refractivity contribution in [1.29, 1.82) is 0 Å². The zero-order chi connectivity index (χ0) is 22.8. The van der Waals surface area contributed by atoms with E-state index in [4.69, 9.17) is 0 Å². The average Bonchev–Trinajstić information content (AvgIpc) is 3.29. The lowest BCUT2D eigenvalue weighted by Gasteiger charge is -2.06. The molecule has 0 saturated heterocycles. The van der Waals surface area contributed by atoms with Crippen LogP contribution < -0.4 is 0 Å². The number of thiazole rings is 1. The predicted octanol–water partition coefficient (Wildman–Crippen LogP) is 6.94. The van der Waals surface area contributed by atoms with Gasteiger partial charge in [-0.05, 0) is 35.9 Å². The molecule has 162 valence electrons. The van der Waals surface area contributed by atoms with Crippen LogP contribution in [0.5, 0.6) is 0 Å². The van der Waals surface area contributed by atoms with Crippen LogP contribution in [0.3, 0.4) is 0 Å². The molecule has 0 fully saturated rings. The van der Waals surface area contributed by atoms with Gasteiger partial charge in [-0.15, -0.1) is 11.3 Å². The molecule has 3 aromatic carbocycles. The molecule has 0 aliphatic rings. The summed E-state index contributed by atoms with van der Waals surface area (Å²) in [6.07, 6.45) is -3.16. The van der Waals surface area contributed by atoms with E-state index < -0.39 is 21.6 Å². The number of alkyl halides is 3. The summed E-state index contributed by atoms with van der Waals surface area (Å²) < 4.78 is 63.1. The lowest BCUT2D eigenvalue weighted by atomic mass is 10.1. The predicted molar refractivity (Wildman–Crippen MR) is 121 cm³/mol. The van der Waals surface area contributed by atoms with Crippen molar-refractivity contribution in [1.82, 2.24) is 4.98 Å². The largest absolute Gasteiger partial charge is 0.416 e. The molecular formula is C24H16F3NO2S2. The van der Waals surface area contributed by atoms with E-state index in [0.717, 1.165) is 39.4 Å². The summed E-state index contributed by atoms with van der Waals surface area (Å²) in [4.78, 5) is 4.70. The van der Waals surface area contributed by atoms with Crippen LogP contribution >= 0.6 is 11.3 Å². The van der Waals surface area contributed by atoms with Gasteiger partial charge in [-0.1, -0.05) is 54.6 Å². The second-order valence-electron chi connectivity index (χ2n) is 6.90. The van der Waals surface area contributed by atoms with Crippen LogP contribution in [0.2, 0.25) is 0 Å². The van der Waals surface area contributed by atoms with E-state index in [9.17, 15) is 21.6 Å². The van der Waals surface area contributed by atoms with E-state index in [0.29, 0.717) is 5.56 Å². The van der Waals surface area contributed by atoms with Crippen LogP contribution in [-0.2, 0) is 16.0 Å². The van der Waals surface area contributed by atoms with Gasteiger partial charge in [0.1, 0.15) is 5.01 Å². The van der Waals surface area contributed by atoms with Crippen molar-refractivity contribution in [3.05, 3.63) is 101 Å². The van der Waals surface area contributed by atoms with Crippen LogP contribution in [0.25, 0.3) is 27.9 Å². The van der Waals surface area contributed by atoms with Gasteiger partial charge < -0.3 is 0 Å². The van der Waals surface area contributed by atoms with Crippen molar-refractivity contribution in [3.8, 4) is 21.8 Å². The molecular weight excluding hydrogens is 455 g/mol. The second kappa shape index (κ2) is 8.72. The maximum absolute atomic E-state index is 12.6. The number of sulfone groups is 1. The summed E-state index contributed by atoms with van der Waals surface area (Å²) in [7, 11) is -3.75. The number of halogens is 3. The molecule has 0 amide bonds. The van der Waals surface area contributed by atoms with Gasteiger partial charge in [0.05, 0.1) is 16.2 Å². The van der Waals surface area contributed by atoms with Gasteiger partial charge in [-0.2, -0.15) is 13.2 Å². The molecule has 0 saturated carbocycles. The zero-order valence-electron chi connectivity index (χ0n) is 16.5. The van der Waals surface area contributed by atoms with Crippen LogP contribution in [0, 0.1) is 0 Å². The number of nitrogens with zero attached hydrogens (tertiary/aromatic N) is 1. The third kappa shape index (κ3) is 4.98. The fourth-order valence-corrected chi connectivity index (χ4v) is 4.81. The van der Waals surface area contributed by atoms with E-state index in [1.807, 2.05) is 35.7 Å². The fraction of sp³-hybridized carbons (Fsp3) is 0.0417. The number of benzene rings is 3. The third-order valence-electron chi connectivity index (χ3n) is 4.68. The molecule has 1 aromatic heterocycles. The summed E-state index contributed by atoms with van der Waals surface area (Å²) in [6, 6.07) is 20.4. The molecule has 0 atom stereocenters. The molecule has 0 aliphatic heterocycles. The molecule has 0 spiro atoms. The normalized spacial score (nSPS) is 12.3. The summed E-state index contributed by atoms with van der Waals surface area (Å²) >= 11 is 1.50. The molecule has 0 radical (unpaired) electrons. The maximum Gasteiger partial charge on any atom is 0.416 e. The minimum Gasteiger partial charge on any atom is -0.236 e. The van der Waals surface area contributed by atoms with Gasteiger partial charge in [-0.25, -0.2) is 13.4 Å². The molecule has 8 heteroatoms. The Bertz CT molecular complexity index is 1340. The zero-order valence-corrected chi connectivity index (χ0v) is 18.1. The Kier molecular flexibility index (Phi) is 5.99. The van der Waals surface area contributed by atoms with E-state index in [1.54, 1.807) is 12.1 Å². The molecule has 0 unspecified atom stereocenters. The van der Waals surface area contributed by atoms with Crippen molar-refractivity contribution in [2.24, 2.45) is 0 Å². The molecule has 3 nitrogen and oxygen atoms in total. The Morgan fingerprint density at radius 1 is 0.812 bits per heavy atom. The molecule has 4 rings (SSSR count). The van der Waals surface area contributed by atoms with Gasteiger partial charge in [-0.3, -0.25) is 0 Å². The minimum atomic E-state index is -4.44. The van der Waals surface area contributed by atoms with Crippen LogP contribution in [-0.4, -0.2) is 13.4 Å². The summed E-state index contributed by atoms with van der Waals surface area (Å²) in [5.74, 6) is 0. The van der Waals surface area contributed by atoms with Gasteiger partial charge in [0, 0.05) is 21.9 Å². The Hall–Kier alpha value is -3.23. The number of aromatic nitrogens is 1. The lowest BCUT2D eigenvalue weighted by Crippen LogP contribution is -2.04. The van der Waals surface area contributed by atoms with Gasteiger partial charge in [0.25, 0.3) is 0 Å². The summed E-state index contributed by atoms with van der Waals surface area (Å²) in [5.41, 5.74) is 2.11. The number of hydrogen-bond acceptors (Lipinski definition) is 4. The van der Waals surface area contributed by atoms with E-state index in [2.05, 4.69) is 4.98 Å². The molecule has 0 N–H and O–H groups in total. The first kappa shape index (κ1) is 22.0. The maximum atomic E-state index is 12.6. The van der Waals surface area contributed by atoms with Crippen molar-refractivity contribution in [2.75, 3.05) is 0 Å². The van der Waals surface area contributed by atoms with Crippen LogP contribution in [0.15, 0.2) is 94.5 Å². The van der Waals surface area contributed by atoms with Gasteiger partial charge in [0.2, 0.25) is 0 Å². The Morgan fingerprint density at radius 2 is 1.47 bits per heavy atom. The highest BCUT2D eigenvalue weighted by Gasteiger charge is 2.29. The first-order chi connectivity index (χ1) is 15.2. The number of hydrogen-bond donors (Lipinski definition) is 0. The van der Waals surface area contributed by atoms with Gasteiger partial charge >= 0.3 is 6.18 Å². The quantitative estimate of drug-likeness (QED) is 0.317. The average molecular weight is 472 g/mol. The van der Waals surface area contributed by atoms with Crippen LogP contribution in [0.4, 0.5) is 13.2 Å². The van der Waals surface area contributed by atoms with E-state index in [1.165, 1.54) is 41.7 Å². The third-order valence-corrected chi connectivity index (χ3v) is 7.00. The van der Waals surface area contributed by atoms with E-state index >= 15 is 0 Å². The van der Waals surface area contributed by atoms with Crippen molar-refractivity contribution in [2.45, 2.75) is 11.1 Å². The Morgan fingerprint density at radius 3 is 2.09 bits per heavy atom. The fourth-order valence-electron chi connectivity index (χ4n) is 2.96. The standard InChI is InChI=1S/C24H16F3NO2S2/c25-24(26,27)20-10-6-17(7-11-20)14-15-32(29,30)21-12-8-18(9-13-21)22-16-31-23(28-22)19-4-2-1-3-5-19/h1-16H/b15-14+. The SMILES string of the molecule is O=S(=O)(/C=C/c1ccc(C(F)(F)F)cc1)c1ccc(-c2csc(-c3ccccc3)n2)cc1. The molecule has 32 heavy (non-hydrogen) atoms. The first-order valence-corrected chi connectivity index (χ1v) is 11.9. The Balaban J connectivity index is 1.51. The van der Waals surface area contributed by atoms with Gasteiger partial charge in [0.15, 0.2) is 9.84 Å². The summed E-state index contributed by atoms with van der Waals surface area (Å²) in [6.45, 7) is 0. The van der Waals surface area contributed by atoms with Crippen molar-refractivity contribution >= 4 is 27.3 Å². The van der Waals surface area contributed by atoms with Crippen molar-refractivity contribution in [3.63, 3.8) is 0 Å². The topological polar surface area (TPSA) is 47.0 Å². The molecule has 0 bridgehead atoms. The monoisotopic (exact) mass is 471 g/mol. The smallest absolute Gasteiger partial charge is 0.236 e. The highest BCUT2D eigenvalue weighted by atomic mass is 32.2. The Labute approximate surface area is 187 Å².